The van der Waals surface area contributed by atoms with E-state index < -0.39 is 5.97 Å². The lowest BCUT2D eigenvalue weighted by molar-refractivity contribution is -0.116. The number of ether oxygens (including phenoxy) is 1. The Morgan fingerprint density at radius 1 is 1.32 bits per heavy atom. The summed E-state index contributed by atoms with van der Waals surface area (Å²) >= 11 is 1.35. The minimum Gasteiger partial charge on any atom is -0.464 e. The van der Waals surface area contributed by atoms with Crippen molar-refractivity contribution >= 4 is 40.8 Å². The van der Waals surface area contributed by atoms with E-state index in [0.717, 1.165) is 31.2 Å². The van der Waals surface area contributed by atoms with Crippen LogP contribution in [0.25, 0.3) is 11.3 Å². The van der Waals surface area contributed by atoms with Crippen LogP contribution in [-0.4, -0.2) is 35.5 Å². The molecule has 0 aliphatic heterocycles. The summed E-state index contributed by atoms with van der Waals surface area (Å²) in [5, 5.41) is 5.19. The molecule has 0 saturated carbocycles. The Morgan fingerprint density at radius 2 is 2.08 bits per heavy atom. The third-order valence-electron chi connectivity index (χ3n) is 3.49. The van der Waals surface area contributed by atoms with Gasteiger partial charge >= 0.3 is 5.97 Å². The van der Waals surface area contributed by atoms with Gasteiger partial charge in [0.25, 0.3) is 0 Å². The second-order valence-corrected chi connectivity index (χ2v) is 6.19. The number of H-pyrrole nitrogens is 1. The van der Waals surface area contributed by atoms with Gasteiger partial charge < -0.3 is 20.8 Å². The Hall–Kier alpha value is -1.90. The summed E-state index contributed by atoms with van der Waals surface area (Å²) in [7, 11) is 1.33. The maximum Gasteiger partial charge on any atom is 0.354 e. The minimum atomic E-state index is -0.431. The Labute approximate surface area is 156 Å². The lowest BCUT2D eigenvalue weighted by Crippen LogP contribution is -2.10. The predicted molar refractivity (Wildman–Crippen MR) is 101 cm³/mol. The first-order chi connectivity index (χ1) is 11.6. The quantitative estimate of drug-likeness (QED) is 0.452. The zero-order chi connectivity index (χ0) is 17.4. The number of unbranched alkanes of at least 4 members (excludes halogenated alkanes) is 3. The van der Waals surface area contributed by atoms with Crippen molar-refractivity contribution in [3.05, 3.63) is 23.3 Å². The van der Waals surface area contributed by atoms with Crippen LogP contribution >= 0.6 is 23.7 Å². The van der Waals surface area contributed by atoms with Gasteiger partial charge in [0.05, 0.1) is 12.8 Å². The number of esters is 1. The van der Waals surface area contributed by atoms with E-state index in [4.69, 9.17) is 5.73 Å². The molecule has 4 N–H and O–H groups in total. The van der Waals surface area contributed by atoms with Crippen molar-refractivity contribution in [2.75, 3.05) is 19.0 Å². The standard InChI is InChI=1S/C16H22N4O3S.ClH/c1-23-15(22)12-8-11(9-18-12)13-10-24-16(19-13)20-14(21)6-4-2-3-5-7-17;/h8-10,18H,2-7,17H2,1H3,(H,19,20,21);1H. The number of anilines is 1. The first-order valence-corrected chi connectivity index (χ1v) is 8.74. The minimum absolute atomic E-state index is 0. The Morgan fingerprint density at radius 3 is 2.80 bits per heavy atom. The van der Waals surface area contributed by atoms with E-state index in [1.165, 1.54) is 18.4 Å². The first-order valence-electron chi connectivity index (χ1n) is 7.86. The van der Waals surface area contributed by atoms with Crippen molar-refractivity contribution in [2.45, 2.75) is 32.1 Å². The second kappa shape index (κ2) is 10.9. The largest absolute Gasteiger partial charge is 0.464 e. The van der Waals surface area contributed by atoms with Gasteiger partial charge in [-0.1, -0.05) is 12.8 Å². The van der Waals surface area contributed by atoms with Gasteiger partial charge in [0.2, 0.25) is 5.91 Å². The maximum absolute atomic E-state index is 11.9. The molecule has 138 valence electrons. The number of hydrogen-bond acceptors (Lipinski definition) is 6. The Balaban J connectivity index is 0.00000312. The monoisotopic (exact) mass is 386 g/mol. The summed E-state index contributed by atoms with van der Waals surface area (Å²) < 4.78 is 4.65. The number of carbonyl (C=O) groups is 2. The zero-order valence-electron chi connectivity index (χ0n) is 14.0. The molecule has 2 heterocycles. The van der Waals surface area contributed by atoms with Crippen LogP contribution in [0.15, 0.2) is 17.6 Å². The summed E-state index contributed by atoms with van der Waals surface area (Å²) in [5.41, 5.74) is 7.27. The van der Waals surface area contributed by atoms with Crippen LogP contribution in [0.1, 0.15) is 42.6 Å². The van der Waals surface area contributed by atoms with E-state index in [1.54, 1.807) is 12.3 Å². The molecule has 7 nitrogen and oxygen atoms in total. The molecule has 0 spiro atoms. The normalized spacial score (nSPS) is 10.2. The SMILES string of the molecule is COC(=O)c1cc(-c2csc(NC(=O)CCCCCCN)n2)c[nH]1.Cl. The molecule has 0 saturated heterocycles. The number of nitrogens with two attached hydrogens (primary N) is 1. The average Bonchev–Trinajstić information content (AvgIpc) is 3.23. The third kappa shape index (κ3) is 6.49. The van der Waals surface area contributed by atoms with E-state index in [1.807, 2.05) is 5.38 Å². The highest BCUT2D eigenvalue weighted by Crippen LogP contribution is 2.25. The van der Waals surface area contributed by atoms with E-state index in [2.05, 4.69) is 20.0 Å². The fourth-order valence-electron chi connectivity index (χ4n) is 2.20. The van der Waals surface area contributed by atoms with Crippen LogP contribution in [0.3, 0.4) is 0 Å². The number of nitrogens with zero attached hydrogens (tertiary/aromatic N) is 1. The molecule has 2 rings (SSSR count). The van der Waals surface area contributed by atoms with E-state index in [-0.39, 0.29) is 18.3 Å². The number of nitrogens with one attached hydrogen (secondary N) is 2. The lowest BCUT2D eigenvalue weighted by Gasteiger charge is -2.01. The zero-order valence-corrected chi connectivity index (χ0v) is 15.7. The molecule has 0 aliphatic rings. The topological polar surface area (TPSA) is 110 Å². The van der Waals surface area contributed by atoms with Crippen molar-refractivity contribution < 1.29 is 14.3 Å². The van der Waals surface area contributed by atoms with Crippen molar-refractivity contribution in [2.24, 2.45) is 5.73 Å². The molecule has 2 aromatic rings. The van der Waals surface area contributed by atoms with Gasteiger partial charge in [-0.2, -0.15) is 0 Å². The van der Waals surface area contributed by atoms with Crippen LogP contribution in [0.2, 0.25) is 0 Å². The fourth-order valence-corrected chi connectivity index (χ4v) is 2.93. The number of rotatable bonds is 9. The molecule has 2 aromatic heterocycles. The van der Waals surface area contributed by atoms with Gasteiger partial charge in [-0.3, -0.25) is 4.79 Å². The highest BCUT2D eigenvalue weighted by atomic mass is 35.5. The molecule has 9 heteroatoms. The number of aromatic amines is 1. The van der Waals surface area contributed by atoms with Crippen LogP contribution in [0.4, 0.5) is 5.13 Å². The van der Waals surface area contributed by atoms with Crippen molar-refractivity contribution in [1.82, 2.24) is 9.97 Å². The Bertz CT molecular complexity index is 686. The van der Waals surface area contributed by atoms with Crippen molar-refractivity contribution in [1.29, 1.82) is 0 Å². The Kier molecular flexibility index (Phi) is 9.18. The molecule has 25 heavy (non-hydrogen) atoms. The number of thiazole rings is 1. The van der Waals surface area contributed by atoms with Crippen LogP contribution in [-0.2, 0) is 9.53 Å². The van der Waals surface area contributed by atoms with Crippen molar-refractivity contribution in [3.63, 3.8) is 0 Å². The smallest absolute Gasteiger partial charge is 0.354 e. The van der Waals surface area contributed by atoms with E-state index in [9.17, 15) is 9.59 Å². The highest BCUT2D eigenvalue weighted by Gasteiger charge is 2.12. The number of carbonyl (C=O) groups excluding carboxylic acids is 2. The van der Waals surface area contributed by atoms with E-state index in [0.29, 0.717) is 29.5 Å². The molecule has 0 unspecified atom stereocenters. The van der Waals surface area contributed by atoms with Gasteiger partial charge in [-0.15, -0.1) is 23.7 Å². The summed E-state index contributed by atoms with van der Waals surface area (Å²) in [6, 6.07) is 1.67. The maximum atomic E-state index is 11.9. The van der Waals surface area contributed by atoms with Crippen LogP contribution < -0.4 is 11.1 Å². The molecule has 0 bridgehead atoms. The third-order valence-corrected chi connectivity index (χ3v) is 4.25. The summed E-state index contributed by atoms with van der Waals surface area (Å²) in [4.78, 5) is 30.5. The molecule has 1 amide bonds. The van der Waals surface area contributed by atoms with Gasteiger partial charge in [-0.05, 0) is 25.5 Å². The molecule has 0 fully saturated rings. The van der Waals surface area contributed by atoms with Gasteiger partial charge in [0.1, 0.15) is 5.69 Å². The number of halogens is 1. The average molecular weight is 387 g/mol. The van der Waals surface area contributed by atoms with Crippen LogP contribution in [0.5, 0.6) is 0 Å². The summed E-state index contributed by atoms with van der Waals surface area (Å²) in [6.45, 7) is 0.699. The molecule has 0 atom stereocenters. The fraction of sp³-hybridized carbons (Fsp3) is 0.438. The number of hydrogen-bond donors (Lipinski definition) is 3. The van der Waals surface area contributed by atoms with Gasteiger partial charge in [-0.25, -0.2) is 9.78 Å². The van der Waals surface area contributed by atoms with Crippen molar-refractivity contribution in [3.8, 4) is 11.3 Å². The number of amides is 1. The number of methoxy groups -OCH3 is 1. The molecule has 0 aliphatic carbocycles. The van der Waals surface area contributed by atoms with Gasteiger partial charge in [0.15, 0.2) is 5.13 Å². The summed E-state index contributed by atoms with van der Waals surface area (Å²) in [6.07, 6.45) is 6.08. The summed E-state index contributed by atoms with van der Waals surface area (Å²) in [5.74, 6) is -0.465. The number of aromatic nitrogens is 2. The van der Waals surface area contributed by atoms with E-state index >= 15 is 0 Å². The first kappa shape index (κ1) is 21.1. The predicted octanol–water partition coefficient (Wildman–Crippen LogP) is 3.19. The highest BCUT2D eigenvalue weighted by molar-refractivity contribution is 7.14. The lowest BCUT2D eigenvalue weighted by atomic mass is 10.1. The van der Waals surface area contributed by atoms with Gasteiger partial charge in [0, 0.05) is 23.6 Å². The molecule has 0 radical (unpaired) electrons. The molecular weight excluding hydrogens is 364 g/mol. The van der Waals surface area contributed by atoms with Crippen LogP contribution in [0, 0.1) is 0 Å². The second-order valence-electron chi connectivity index (χ2n) is 5.33. The molecular formula is C16H23ClN4O3S. The molecule has 0 aromatic carbocycles.